The van der Waals surface area contributed by atoms with Crippen LogP contribution in [0.15, 0.2) is 46.9 Å². The Morgan fingerprint density at radius 3 is 2.64 bits per heavy atom. The lowest BCUT2D eigenvalue weighted by Gasteiger charge is -2.35. The van der Waals surface area contributed by atoms with E-state index in [0.29, 0.717) is 22.0 Å². The molecule has 2 amide bonds. The number of carbonyl (C=O) groups is 2. The normalized spacial score (nSPS) is 15.8. The fraction of sp³-hybridized carbons (Fsp3) is 0.333. The molecular weight excluding hydrogens is 444 g/mol. The number of hydrogen-bond acceptors (Lipinski definition) is 3. The van der Waals surface area contributed by atoms with E-state index in [4.69, 9.17) is 16.3 Å². The Morgan fingerprint density at radius 1 is 1.25 bits per heavy atom. The molecule has 0 aliphatic carbocycles. The SMILES string of the molecule is CCC(CC)NC(=O)C1CN(C(=O)c2ccc(Br)cc2Cl)c2ccccc2O1. The molecule has 2 aromatic carbocycles. The molecule has 0 bridgehead atoms. The highest BCUT2D eigenvalue weighted by molar-refractivity contribution is 9.10. The standard InChI is InChI=1S/C21H22BrClN2O3/c1-3-14(4-2)24-20(26)19-12-25(17-7-5-6-8-18(17)28-19)21(27)15-10-9-13(22)11-16(15)23/h5-11,14,19H,3-4,12H2,1-2H3,(H,24,26). The van der Waals surface area contributed by atoms with Gasteiger partial charge in [-0.3, -0.25) is 9.59 Å². The topological polar surface area (TPSA) is 58.6 Å². The summed E-state index contributed by atoms with van der Waals surface area (Å²) < 4.78 is 6.69. The first-order valence-corrected chi connectivity index (χ1v) is 10.4. The number of nitrogens with zero attached hydrogens (tertiary/aromatic N) is 1. The summed E-state index contributed by atoms with van der Waals surface area (Å²) in [7, 11) is 0. The van der Waals surface area contributed by atoms with Gasteiger partial charge in [0.2, 0.25) is 0 Å². The summed E-state index contributed by atoms with van der Waals surface area (Å²) in [6.07, 6.45) is 0.888. The minimum absolute atomic E-state index is 0.0818. The number of carbonyl (C=O) groups excluding carboxylic acids is 2. The van der Waals surface area contributed by atoms with Crippen molar-refractivity contribution in [2.75, 3.05) is 11.4 Å². The van der Waals surface area contributed by atoms with Gasteiger partial charge in [-0.1, -0.05) is 53.5 Å². The van der Waals surface area contributed by atoms with Crippen LogP contribution in [0.5, 0.6) is 5.75 Å². The average Bonchev–Trinajstić information content (AvgIpc) is 2.70. The second-order valence-corrected chi connectivity index (χ2v) is 7.96. The van der Waals surface area contributed by atoms with Gasteiger partial charge in [-0.2, -0.15) is 0 Å². The summed E-state index contributed by atoms with van der Waals surface area (Å²) >= 11 is 9.64. The molecule has 1 N–H and O–H groups in total. The highest BCUT2D eigenvalue weighted by Crippen LogP contribution is 2.35. The van der Waals surface area contributed by atoms with E-state index < -0.39 is 6.10 Å². The molecule has 1 aliphatic rings. The quantitative estimate of drug-likeness (QED) is 0.689. The van der Waals surface area contributed by atoms with E-state index in [1.165, 1.54) is 0 Å². The molecule has 148 valence electrons. The van der Waals surface area contributed by atoms with Crippen molar-refractivity contribution < 1.29 is 14.3 Å². The zero-order chi connectivity index (χ0) is 20.3. The average molecular weight is 466 g/mol. The summed E-state index contributed by atoms with van der Waals surface area (Å²) in [6.45, 7) is 4.17. The van der Waals surface area contributed by atoms with E-state index >= 15 is 0 Å². The lowest BCUT2D eigenvalue weighted by atomic mass is 10.1. The van der Waals surface area contributed by atoms with Gasteiger partial charge in [0.05, 0.1) is 22.8 Å². The van der Waals surface area contributed by atoms with Gasteiger partial charge in [0.15, 0.2) is 6.10 Å². The van der Waals surface area contributed by atoms with E-state index in [9.17, 15) is 9.59 Å². The Hall–Kier alpha value is -2.05. The lowest BCUT2D eigenvalue weighted by molar-refractivity contribution is -0.128. The van der Waals surface area contributed by atoms with Crippen molar-refractivity contribution in [3.8, 4) is 5.75 Å². The third kappa shape index (κ3) is 4.33. The highest BCUT2D eigenvalue weighted by Gasteiger charge is 2.35. The molecule has 0 spiro atoms. The Morgan fingerprint density at radius 2 is 1.96 bits per heavy atom. The zero-order valence-electron chi connectivity index (χ0n) is 15.7. The molecule has 1 unspecified atom stereocenters. The fourth-order valence-corrected chi connectivity index (χ4v) is 3.91. The number of benzene rings is 2. The van der Waals surface area contributed by atoms with Gasteiger partial charge in [-0.15, -0.1) is 0 Å². The molecular formula is C21H22BrClN2O3. The van der Waals surface area contributed by atoms with Crippen LogP contribution in [0.25, 0.3) is 0 Å². The second kappa shape index (κ2) is 8.97. The molecule has 2 aromatic rings. The maximum absolute atomic E-state index is 13.2. The highest BCUT2D eigenvalue weighted by atomic mass is 79.9. The van der Waals surface area contributed by atoms with Gasteiger partial charge in [-0.25, -0.2) is 0 Å². The predicted molar refractivity (Wildman–Crippen MR) is 114 cm³/mol. The van der Waals surface area contributed by atoms with Crippen molar-refractivity contribution in [1.29, 1.82) is 0 Å². The van der Waals surface area contributed by atoms with Crippen LogP contribution in [-0.2, 0) is 4.79 Å². The molecule has 1 aliphatic heterocycles. The molecule has 1 heterocycles. The molecule has 5 nitrogen and oxygen atoms in total. The van der Waals surface area contributed by atoms with Crippen LogP contribution in [0, 0.1) is 0 Å². The first-order chi connectivity index (χ1) is 13.4. The summed E-state index contributed by atoms with van der Waals surface area (Å²) in [4.78, 5) is 27.5. The summed E-state index contributed by atoms with van der Waals surface area (Å²) in [5.74, 6) is 0.0107. The maximum atomic E-state index is 13.2. The Kier molecular flexibility index (Phi) is 6.62. The first-order valence-electron chi connectivity index (χ1n) is 9.27. The molecule has 28 heavy (non-hydrogen) atoms. The van der Waals surface area contributed by atoms with Gasteiger partial charge in [0, 0.05) is 10.5 Å². The number of amides is 2. The number of para-hydroxylation sites is 2. The number of halogens is 2. The van der Waals surface area contributed by atoms with Crippen LogP contribution in [0.1, 0.15) is 37.0 Å². The summed E-state index contributed by atoms with van der Waals surface area (Å²) in [5.41, 5.74) is 0.999. The van der Waals surface area contributed by atoms with E-state index in [1.807, 2.05) is 26.0 Å². The van der Waals surface area contributed by atoms with Gasteiger partial charge < -0.3 is 15.0 Å². The van der Waals surface area contributed by atoms with Gasteiger partial charge in [0.25, 0.3) is 11.8 Å². The fourth-order valence-electron chi connectivity index (χ4n) is 3.16. The number of hydrogen-bond donors (Lipinski definition) is 1. The minimum Gasteiger partial charge on any atom is -0.477 e. The zero-order valence-corrected chi connectivity index (χ0v) is 18.1. The van der Waals surface area contributed by atoms with Crippen molar-refractivity contribution in [2.24, 2.45) is 0 Å². The molecule has 0 fully saturated rings. The maximum Gasteiger partial charge on any atom is 0.263 e. The van der Waals surface area contributed by atoms with Crippen molar-refractivity contribution >= 4 is 45.0 Å². The van der Waals surface area contributed by atoms with E-state index in [1.54, 1.807) is 35.2 Å². The van der Waals surface area contributed by atoms with Crippen LogP contribution in [0.2, 0.25) is 5.02 Å². The number of anilines is 1. The first kappa shape index (κ1) is 20.7. The van der Waals surface area contributed by atoms with Gasteiger partial charge >= 0.3 is 0 Å². The van der Waals surface area contributed by atoms with Crippen molar-refractivity contribution in [3.05, 3.63) is 57.5 Å². The molecule has 0 saturated heterocycles. The summed E-state index contributed by atoms with van der Waals surface area (Å²) in [5, 5.41) is 3.35. The second-order valence-electron chi connectivity index (χ2n) is 6.64. The van der Waals surface area contributed by atoms with E-state index in [0.717, 1.165) is 17.3 Å². The number of fused-ring (bicyclic) bond motifs is 1. The molecule has 7 heteroatoms. The number of nitrogens with one attached hydrogen (secondary N) is 1. The van der Waals surface area contributed by atoms with E-state index in [2.05, 4.69) is 21.2 Å². The third-order valence-electron chi connectivity index (χ3n) is 4.80. The Labute approximate surface area is 178 Å². The van der Waals surface area contributed by atoms with Crippen molar-refractivity contribution in [2.45, 2.75) is 38.8 Å². The largest absolute Gasteiger partial charge is 0.477 e. The molecule has 1 atom stereocenters. The third-order valence-corrected chi connectivity index (χ3v) is 5.61. The summed E-state index contributed by atoms with van der Waals surface area (Å²) in [6, 6.07) is 12.4. The van der Waals surface area contributed by atoms with Crippen LogP contribution in [0.4, 0.5) is 5.69 Å². The van der Waals surface area contributed by atoms with Crippen LogP contribution >= 0.6 is 27.5 Å². The van der Waals surface area contributed by atoms with E-state index in [-0.39, 0.29) is 24.4 Å². The van der Waals surface area contributed by atoms with Crippen LogP contribution in [0.3, 0.4) is 0 Å². The number of ether oxygens (including phenoxy) is 1. The molecule has 0 radical (unpaired) electrons. The monoisotopic (exact) mass is 464 g/mol. The Balaban J connectivity index is 1.91. The molecule has 0 aromatic heterocycles. The van der Waals surface area contributed by atoms with Crippen LogP contribution < -0.4 is 15.0 Å². The van der Waals surface area contributed by atoms with Gasteiger partial charge in [0.1, 0.15) is 5.75 Å². The number of rotatable bonds is 5. The van der Waals surface area contributed by atoms with Gasteiger partial charge in [-0.05, 0) is 43.2 Å². The van der Waals surface area contributed by atoms with Crippen LogP contribution in [-0.4, -0.2) is 30.5 Å². The molecule has 0 saturated carbocycles. The Bertz CT molecular complexity index is 886. The minimum atomic E-state index is -0.784. The van der Waals surface area contributed by atoms with Crippen molar-refractivity contribution in [3.63, 3.8) is 0 Å². The lowest BCUT2D eigenvalue weighted by Crippen LogP contribution is -2.52. The predicted octanol–water partition coefficient (Wildman–Crippen LogP) is 4.82. The molecule has 3 rings (SSSR count). The van der Waals surface area contributed by atoms with Crippen molar-refractivity contribution in [1.82, 2.24) is 5.32 Å². The smallest absolute Gasteiger partial charge is 0.263 e.